The van der Waals surface area contributed by atoms with Crippen LogP contribution in [0.3, 0.4) is 0 Å². The number of aryl methyl sites for hydroxylation is 1. The van der Waals surface area contributed by atoms with Crippen molar-refractivity contribution in [2.45, 2.75) is 38.3 Å². The Kier molecular flexibility index (Phi) is 6.89. The van der Waals surface area contributed by atoms with Gasteiger partial charge < -0.3 is 19.5 Å². The number of carbonyl (C=O) groups is 2. The summed E-state index contributed by atoms with van der Waals surface area (Å²) in [4.78, 5) is 29.4. The number of pyridine rings is 1. The van der Waals surface area contributed by atoms with Gasteiger partial charge in [0.15, 0.2) is 0 Å². The largest absolute Gasteiger partial charge is 0.489 e. The summed E-state index contributed by atoms with van der Waals surface area (Å²) >= 11 is 0. The third-order valence-electron chi connectivity index (χ3n) is 5.98. The lowest BCUT2D eigenvalue weighted by molar-refractivity contribution is -0.143. The molecule has 2 aromatic carbocycles. The molecule has 33 heavy (non-hydrogen) atoms. The summed E-state index contributed by atoms with van der Waals surface area (Å²) in [6.45, 7) is 3.35. The third kappa shape index (κ3) is 5.49. The van der Waals surface area contributed by atoms with Gasteiger partial charge in [-0.1, -0.05) is 18.2 Å². The van der Waals surface area contributed by atoms with Gasteiger partial charge in [0.25, 0.3) is 5.91 Å². The van der Waals surface area contributed by atoms with Gasteiger partial charge in [0.2, 0.25) is 0 Å². The highest BCUT2D eigenvalue weighted by Crippen LogP contribution is 2.26. The van der Waals surface area contributed by atoms with Crippen molar-refractivity contribution < 1.29 is 23.8 Å². The van der Waals surface area contributed by atoms with E-state index in [0.29, 0.717) is 44.0 Å². The molecule has 1 fully saturated rings. The summed E-state index contributed by atoms with van der Waals surface area (Å²) in [5.74, 6) is 0.0864. The molecule has 7 nitrogen and oxygen atoms in total. The SMILES string of the molecule is COC(=O)CC1(NC(=O)c2ccc(OCc3cc(C)nc4ccccc34)cc2)CCOCC1. The van der Waals surface area contributed by atoms with Crippen molar-refractivity contribution in [1.82, 2.24) is 10.3 Å². The number of aromatic nitrogens is 1. The van der Waals surface area contributed by atoms with Gasteiger partial charge in [-0.3, -0.25) is 14.6 Å². The maximum Gasteiger partial charge on any atom is 0.307 e. The molecule has 0 aliphatic carbocycles. The zero-order valence-electron chi connectivity index (χ0n) is 18.9. The lowest BCUT2D eigenvalue weighted by Crippen LogP contribution is -2.53. The highest BCUT2D eigenvalue weighted by Gasteiger charge is 2.37. The number of amides is 1. The molecule has 0 bridgehead atoms. The minimum Gasteiger partial charge on any atom is -0.489 e. The van der Waals surface area contributed by atoms with Crippen molar-refractivity contribution in [3.05, 3.63) is 71.4 Å². The smallest absolute Gasteiger partial charge is 0.307 e. The number of nitrogens with zero attached hydrogens (tertiary/aromatic N) is 1. The number of carbonyl (C=O) groups excluding carboxylic acids is 2. The number of esters is 1. The van der Waals surface area contributed by atoms with Crippen LogP contribution >= 0.6 is 0 Å². The summed E-state index contributed by atoms with van der Waals surface area (Å²) in [5, 5.41) is 4.11. The van der Waals surface area contributed by atoms with Crippen LogP contribution < -0.4 is 10.1 Å². The Bertz CT molecular complexity index is 1140. The molecule has 0 saturated carbocycles. The minimum atomic E-state index is -0.655. The summed E-state index contributed by atoms with van der Waals surface area (Å²) in [7, 11) is 1.35. The fourth-order valence-electron chi connectivity index (χ4n) is 4.15. The van der Waals surface area contributed by atoms with E-state index in [-0.39, 0.29) is 18.3 Å². The van der Waals surface area contributed by atoms with Crippen molar-refractivity contribution in [2.24, 2.45) is 0 Å². The van der Waals surface area contributed by atoms with E-state index >= 15 is 0 Å². The van der Waals surface area contributed by atoms with E-state index in [9.17, 15) is 9.59 Å². The van der Waals surface area contributed by atoms with Crippen LogP contribution in [0.25, 0.3) is 10.9 Å². The number of benzene rings is 2. The normalized spacial score (nSPS) is 15.1. The predicted molar refractivity (Wildman–Crippen MR) is 124 cm³/mol. The second kappa shape index (κ2) is 10.0. The van der Waals surface area contributed by atoms with Crippen LogP contribution in [0.4, 0.5) is 0 Å². The zero-order chi connectivity index (χ0) is 23.3. The Hall–Kier alpha value is -3.45. The summed E-state index contributed by atoms with van der Waals surface area (Å²) in [6.07, 6.45) is 1.25. The molecular formula is C26H28N2O5. The Balaban J connectivity index is 1.43. The van der Waals surface area contributed by atoms with E-state index < -0.39 is 5.54 Å². The number of methoxy groups -OCH3 is 1. The Morgan fingerprint density at radius 1 is 1.09 bits per heavy atom. The van der Waals surface area contributed by atoms with E-state index in [0.717, 1.165) is 22.2 Å². The van der Waals surface area contributed by atoms with Crippen molar-refractivity contribution in [1.29, 1.82) is 0 Å². The topological polar surface area (TPSA) is 86.8 Å². The molecule has 4 rings (SSSR count). The Morgan fingerprint density at radius 3 is 2.55 bits per heavy atom. The number of hydrogen-bond donors (Lipinski definition) is 1. The van der Waals surface area contributed by atoms with Crippen molar-refractivity contribution >= 4 is 22.8 Å². The fourth-order valence-corrected chi connectivity index (χ4v) is 4.15. The van der Waals surface area contributed by atoms with E-state index in [4.69, 9.17) is 14.2 Å². The number of nitrogens with one attached hydrogen (secondary N) is 1. The first-order valence-corrected chi connectivity index (χ1v) is 11.0. The molecule has 1 amide bonds. The molecule has 1 aliphatic heterocycles. The number of fused-ring (bicyclic) bond motifs is 1. The van der Waals surface area contributed by atoms with Gasteiger partial charge >= 0.3 is 5.97 Å². The molecule has 1 aromatic heterocycles. The van der Waals surface area contributed by atoms with E-state index in [1.54, 1.807) is 24.3 Å². The highest BCUT2D eigenvalue weighted by atomic mass is 16.5. The number of rotatable bonds is 7. The van der Waals surface area contributed by atoms with Gasteiger partial charge in [-0.15, -0.1) is 0 Å². The third-order valence-corrected chi connectivity index (χ3v) is 5.98. The van der Waals surface area contributed by atoms with Crippen LogP contribution in [0.5, 0.6) is 5.75 Å². The standard InChI is InChI=1S/C26H28N2O5/c1-18-15-20(22-5-3-4-6-23(22)27-18)17-33-21-9-7-19(8-10-21)25(30)28-26(16-24(29)31-2)11-13-32-14-12-26/h3-10,15H,11-14,16-17H2,1-2H3,(H,28,30). The number of ether oxygens (including phenoxy) is 3. The van der Waals surface area contributed by atoms with Gasteiger partial charge in [0.05, 0.1) is 24.6 Å². The first-order chi connectivity index (χ1) is 16.0. The quantitative estimate of drug-likeness (QED) is 0.551. The van der Waals surface area contributed by atoms with Crippen LogP contribution in [0.1, 0.15) is 40.9 Å². The van der Waals surface area contributed by atoms with Crippen molar-refractivity contribution in [3.63, 3.8) is 0 Å². The molecule has 7 heteroatoms. The van der Waals surface area contributed by atoms with E-state index in [2.05, 4.69) is 10.3 Å². The van der Waals surface area contributed by atoms with E-state index in [1.165, 1.54) is 7.11 Å². The van der Waals surface area contributed by atoms with Gasteiger partial charge in [-0.25, -0.2) is 0 Å². The highest BCUT2D eigenvalue weighted by molar-refractivity contribution is 5.95. The summed E-state index contributed by atoms with van der Waals surface area (Å²) in [5.41, 5.74) is 2.79. The zero-order valence-corrected chi connectivity index (χ0v) is 18.9. The molecule has 0 radical (unpaired) electrons. The molecule has 2 heterocycles. The molecule has 3 aromatic rings. The average molecular weight is 449 g/mol. The molecule has 1 aliphatic rings. The van der Waals surface area contributed by atoms with Crippen LogP contribution in [-0.2, 0) is 20.9 Å². The molecule has 0 unspecified atom stereocenters. The van der Waals surface area contributed by atoms with Crippen molar-refractivity contribution in [3.8, 4) is 5.75 Å². The van der Waals surface area contributed by atoms with Gasteiger partial charge in [-0.05, 0) is 56.2 Å². The Labute approximate surface area is 193 Å². The Morgan fingerprint density at radius 2 is 1.82 bits per heavy atom. The lowest BCUT2D eigenvalue weighted by Gasteiger charge is -2.37. The molecule has 0 atom stereocenters. The van der Waals surface area contributed by atoms with Crippen LogP contribution in [0.2, 0.25) is 0 Å². The molecule has 0 spiro atoms. The molecular weight excluding hydrogens is 420 g/mol. The molecule has 1 N–H and O–H groups in total. The van der Waals surface area contributed by atoms with Gasteiger partial charge in [0.1, 0.15) is 12.4 Å². The predicted octanol–water partition coefficient (Wildman–Crippen LogP) is 3.96. The maximum absolute atomic E-state index is 12.9. The van der Waals surface area contributed by atoms with Crippen molar-refractivity contribution in [2.75, 3.05) is 20.3 Å². The number of hydrogen-bond acceptors (Lipinski definition) is 6. The monoisotopic (exact) mass is 448 g/mol. The first kappa shape index (κ1) is 22.7. The first-order valence-electron chi connectivity index (χ1n) is 11.0. The van der Waals surface area contributed by atoms with Crippen LogP contribution in [-0.4, -0.2) is 42.7 Å². The summed E-state index contributed by atoms with van der Waals surface area (Å²) < 4.78 is 16.2. The average Bonchev–Trinajstić information content (AvgIpc) is 2.83. The minimum absolute atomic E-state index is 0.124. The van der Waals surface area contributed by atoms with Gasteiger partial charge in [-0.2, -0.15) is 0 Å². The van der Waals surface area contributed by atoms with Gasteiger partial charge in [0, 0.05) is 35.4 Å². The maximum atomic E-state index is 12.9. The molecule has 172 valence electrons. The fraction of sp³-hybridized carbons (Fsp3) is 0.346. The van der Waals surface area contributed by atoms with E-state index in [1.807, 2.05) is 37.3 Å². The van der Waals surface area contributed by atoms with Crippen LogP contribution in [0, 0.1) is 6.92 Å². The molecule has 1 saturated heterocycles. The number of para-hydroxylation sites is 1. The summed E-state index contributed by atoms with van der Waals surface area (Å²) in [6, 6.07) is 17.0. The lowest BCUT2D eigenvalue weighted by atomic mass is 9.86. The second-order valence-electron chi connectivity index (χ2n) is 8.35. The van der Waals surface area contributed by atoms with Crippen LogP contribution in [0.15, 0.2) is 54.6 Å². The second-order valence-corrected chi connectivity index (χ2v) is 8.35.